The molecule has 3 aromatic carbocycles. The summed E-state index contributed by atoms with van der Waals surface area (Å²) in [6.45, 7) is 1.70. The van der Waals surface area contributed by atoms with Crippen LogP contribution in [0.15, 0.2) is 85.1 Å². The molecule has 1 heterocycles. The highest BCUT2D eigenvalue weighted by atomic mass is 16.5. The first-order valence-corrected chi connectivity index (χ1v) is 11.2. The van der Waals surface area contributed by atoms with Gasteiger partial charge in [-0.25, -0.2) is 0 Å². The highest BCUT2D eigenvalue weighted by Crippen LogP contribution is 2.48. The summed E-state index contributed by atoms with van der Waals surface area (Å²) < 4.78 is 5.51. The van der Waals surface area contributed by atoms with Crippen LogP contribution in [0.1, 0.15) is 35.1 Å². The quantitative estimate of drug-likeness (QED) is 0.396. The van der Waals surface area contributed by atoms with Crippen LogP contribution in [-0.4, -0.2) is 22.7 Å². The van der Waals surface area contributed by atoms with Gasteiger partial charge in [-0.3, -0.25) is 9.78 Å². The molecule has 0 aliphatic heterocycles. The van der Waals surface area contributed by atoms with E-state index >= 15 is 0 Å². The molecule has 4 nitrogen and oxygen atoms in total. The van der Waals surface area contributed by atoms with Crippen LogP contribution in [0.4, 0.5) is 0 Å². The molecule has 0 radical (unpaired) electrons. The molecule has 0 spiro atoms. The van der Waals surface area contributed by atoms with Crippen LogP contribution in [0, 0.1) is 0 Å². The molecule has 1 atom stereocenters. The standard InChI is InChI=1S/C29H25NO3/c1-19(31)33-18-22-17-25-23(26-12-5-6-15-30-26)10-7-11-24(25)29-27(32)14-13-21(28(22)29)16-20-8-3-2-4-9-20/h2-15,22,32H,16-18H2,1H3. The SMILES string of the molecule is CC(=O)OCC1Cc2c(-c3ccccn3)cccc2-c2c(O)ccc(Cc3ccccc3)c21. The summed E-state index contributed by atoms with van der Waals surface area (Å²) >= 11 is 0. The molecule has 5 rings (SSSR count). The molecule has 4 heteroatoms. The number of carbonyl (C=O) groups excluding carboxylic acids is 1. The van der Waals surface area contributed by atoms with E-state index in [1.54, 1.807) is 12.3 Å². The lowest BCUT2D eigenvalue weighted by atomic mass is 9.74. The van der Waals surface area contributed by atoms with Crippen molar-refractivity contribution in [2.24, 2.45) is 0 Å². The molecule has 164 valence electrons. The Labute approximate surface area is 193 Å². The Kier molecular flexibility index (Phi) is 5.66. The molecule has 0 amide bonds. The lowest BCUT2D eigenvalue weighted by molar-refractivity contribution is -0.141. The van der Waals surface area contributed by atoms with Gasteiger partial charge in [0.1, 0.15) is 5.75 Å². The van der Waals surface area contributed by atoms with E-state index in [2.05, 4.69) is 29.2 Å². The second-order valence-corrected chi connectivity index (χ2v) is 8.45. The minimum atomic E-state index is -0.301. The summed E-state index contributed by atoms with van der Waals surface area (Å²) in [7, 11) is 0. The van der Waals surface area contributed by atoms with Gasteiger partial charge < -0.3 is 9.84 Å². The third-order valence-corrected chi connectivity index (χ3v) is 6.28. The maximum absolute atomic E-state index is 11.7. The second kappa shape index (κ2) is 8.91. The highest BCUT2D eigenvalue weighted by Gasteiger charge is 2.31. The molecular weight excluding hydrogens is 410 g/mol. The zero-order valence-corrected chi connectivity index (χ0v) is 18.5. The van der Waals surface area contributed by atoms with Crippen molar-refractivity contribution in [3.05, 3.63) is 107 Å². The van der Waals surface area contributed by atoms with E-state index in [4.69, 9.17) is 4.74 Å². The average Bonchev–Trinajstić information content (AvgIpc) is 2.84. The van der Waals surface area contributed by atoms with Crippen molar-refractivity contribution in [1.29, 1.82) is 0 Å². The maximum Gasteiger partial charge on any atom is 0.302 e. The number of benzene rings is 3. The summed E-state index contributed by atoms with van der Waals surface area (Å²) in [5.74, 6) is -0.119. The van der Waals surface area contributed by atoms with Crippen molar-refractivity contribution in [3.8, 4) is 28.1 Å². The first-order valence-electron chi connectivity index (χ1n) is 11.2. The van der Waals surface area contributed by atoms with Crippen LogP contribution in [0.2, 0.25) is 0 Å². The smallest absolute Gasteiger partial charge is 0.302 e. The molecule has 1 unspecified atom stereocenters. The number of aromatic hydroxyl groups is 1. The van der Waals surface area contributed by atoms with E-state index in [0.29, 0.717) is 6.42 Å². The second-order valence-electron chi connectivity index (χ2n) is 8.45. The number of aromatic nitrogens is 1. The first kappa shape index (κ1) is 21.0. The number of hydrogen-bond acceptors (Lipinski definition) is 4. The third kappa shape index (κ3) is 4.12. The van der Waals surface area contributed by atoms with Crippen molar-refractivity contribution in [3.63, 3.8) is 0 Å². The molecule has 0 fully saturated rings. The van der Waals surface area contributed by atoms with Gasteiger partial charge in [-0.1, -0.05) is 60.7 Å². The van der Waals surface area contributed by atoms with Gasteiger partial charge in [0.05, 0.1) is 12.3 Å². The molecule has 1 aliphatic rings. The number of nitrogens with zero attached hydrogens (tertiary/aromatic N) is 1. The molecule has 33 heavy (non-hydrogen) atoms. The molecule has 0 bridgehead atoms. The summed E-state index contributed by atoms with van der Waals surface area (Å²) in [6.07, 6.45) is 3.24. The number of fused-ring (bicyclic) bond motifs is 3. The Morgan fingerprint density at radius 2 is 1.76 bits per heavy atom. The van der Waals surface area contributed by atoms with E-state index in [1.807, 2.05) is 48.5 Å². The number of phenols is 1. The van der Waals surface area contributed by atoms with Gasteiger partial charge in [-0.2, -0.15) is 0 Å². The van der Waals surface area contributed by atoms with E-state index in [9.17, 15) is 9.90 Å². The van der Waals surface area contributed by atoms with Gasteiger partial charge in [0, 0.05) is 30.2 Å². The number of pyridine rings is 1. The van der Waals surface area contributed by atoms with Crippen molar-refractivity contribution in [1.82, 2.24) is 4.98 Å². The van der Waals surface area contributed by atoms with Crippen molar-refractivity contribution < 1.29 is 14.6 Å². The van der Waals surface area contributed by atoms with Crippen molar-refractivity contribution in [2.45, 2.75) is 25.7 Å². The normalized spacial score (nSPS) is 14.3. The fourth-order valence-corrected chi connectivity index (χ4v) is 4.88. The number of esters is 1. The monoisotopic (exact) mass is 435 g/mol. The average molecular weight is 436 g/mol. The fraction of sp³-hybridized carbons (Fsp3) is 0.172. The number of phenolic OH excluding ortho intramolecular Hbond substituents is 1. The first-order chi connectivity index (χ1) is 16.1. The minimum Gasteiger partial charge on any atom is -0.507 e. The molecule has 4 aromatic rings. The number of hydrogen-bond donors (Lipinski definition) is 1. The van der Waals surface area contributed by atoms with E-state index in [0.717, 1.165) is 45.5 Å². The lowest BCUT2D eigenvalue weighted by Crippen LogP contribution is -2.20. The lowest BCUT2D eigenvalue weighted by Gasteiger charge is -2.31. The number of ether oxygens (including phenoxy) is 1. The Balaban J connectivity index is 1.70. The van der Waals surface area contributed by atoms with Gasteiger partial charge in [-0.15, -0.1) is 0 Å². The largest absolute Gasteiger partial charge is 0.507 e. The Morgan fingerprint density at radius 1 is 0.970 bits per heavy atom. The zero-order chi connectivity index (χ0) is 22.8. The van der Waals surface area contributed by atoms with Crippen LogP contribution in [0.5, 0.6) is 5.75 Å². The van der Waals surface area contributed by atoms with E-state index < -0.39 is 0 Å². The van der Waals surface area contributed by atoms with Crippen LogP contribution in [-0.2, 0) is 22.4 Å². The molecule has 1 aromatic heterocycles. The number of rotatable bonds is 5. The van der Waals surface area contributed by atoms with Gasteiger partial charge in [0.15, 0.2) is 0 Å². The molecule has 1 aliphatic carbocycles. The van der Waals surface area contributed by atoms with Crippen molar-refractivity contribution in [2.75, 3.05) is 6.61 Å². The van der Waals surface area contributed by atoms with Crippen LogP contribution < -0.4 is 0 Å². The van der Waals surface area contributed by atoms with E-state index in [-0.39, 0.29) is 24.2 Å². The van der Waals surface area contributed by atoms with E-state index in [1.165, 1.54) is 12.5 Å². The Bertz CT molecular complexity index is 1300. The predicted octanol–water partition coefficient (Wildman–Crippen LogP) is 5.91. The highest BCUT2D eigenvalue weighted by molar-refractivity contribution is 5.85. The van der Waals surface area contributed by atoms with Gasteiger partial charge in [0.25, 0.3) is 0 Å². The minimum absolute atomic E-state index is 0.0629. The summed E-state index contributed by atoms with van der Waals surface area (Å²) in [6, 6.07) is 26.1. The molecule has 0 saturated carbocycles. The Hall–Kier alpha value is -3.92. The van der Waals surface area contributed by atoms with Crippen LogP contribution >= 0.6 is 0 Å². The maximum atomic E-state index is 11.7. The zero-order valence-electron chi connectivity index (χ0n) is 18.5. The predicted molar refractivity (Wildman–Crippen MR) is 129 cm³/mol. The topological polar surface area (TPSA) is 59.4 Å². The summed E-state index contributed by atoms with van der Waals surface area (Å²) in [4.78, 5) is 16.3. The molecular formula is C29H25NO3. The van der Waals surface area contributed by atoms with Gasteiger partial charge >= 0.3 is 5.97 Å². The molecule has 1 N–H and O–H groups in total. The van der Waals surface area contributed by atoms with Gasteiger partial charge in [-0.05, 0) is 58.9 Å². The fourth-order valence-electron chi connectivity index (χ4n) is 4.88. The summed E-state index contributed by atoms with van der Waals surface area (Å²) in [5, 5.41) is 11.0. The number of carbonyl (C=O) groups is 1. The third-order valence-electron chi connectivity index (χ3n) is 6.28. The molecule has 0 saturated heterocycles. The van der Waals surface area contributed by atoms with Crippen LogP contribution in [0.25, 0.3) is 22.4 Å². The van der Waals surface area contributed by atoms with Gasteiger partial charge in [0.2, 0.25) is 0 Å². The Morgan fingerprint density at radius 3 is 2.52 bits per heavy atom. The summed E-state index contributed by atoms with van der Waals surface area (Å²) in [5.41, 5.74) is 8.30. The van der Waals surface area contributed by atoms with Crippen molar-refractivity contribution >= 4 is 5.97 Å². The van der Waals surface area contributed by atoms with Crippen LogP contribution in [0.3, 0.4) is 0 Å².